The lowest BCUT2D eigenvalue weighted by Crippen LogP contribution is -2.42. The van der Waals surface area contributed by atoms with Crippen molar-refractivity contribution in [2.24, 2.45) is 0 Å². The fourth-order valence-electron chi connectivity index (χ4n) is 1.19. The van der Waals surface area contributed by atoms with Gasteiger partial charge in [-0.05, 0) is 6.92 Å². The number of rotatable bonds is 6. The first-order chi connectivity index (χ1) is 8.94. The van der Waals surface area contributed by atoms with E-state index in [0.29, 0.717) is 5.56 Å². The van der Waals surface area contributed by atoms with E-state index in [4.69, 9.17) is 0 Å². The zero-order chi connectivity index (χ0) is 14.3. The molecule has 1 aromatic carbocycles. The maximum atomic E-state index is 11.6. The molecule has 1 rings (SSSR count). The molecule has 8 heteroatoms. The van der Waals surface area contributed by atoms with Gasteiger partial charge in [-0.25, -0.2) is 9.52 Å². The number of ether oxygens (including phenoxy) is 1. The van der Waals surface area contributed by atoms with Gasteiger partial charge in [-0.3, -0.25) is 4.79 Å². The Kier molecular flexibility index (Phi) is 5.46. The van der Waals surface area contributed by atoms with E-state index in [1.165, 1.54) is 0 Å². The van der Waals surface area contributed by atoms with Crippen molar-refractivity contribution >= 4 is 22.1 Å². The lowest BCUT2D eigenvalue weighted by molar-refractivity contribution is 0.0996. The molecule has 0 heterocycles. The van der Waals surface area contributed by atoms with Gasteiger partial charge in [-0.15, -0.1) is 0 Å². The van der Waals surface area contributed by atoms with E-state index >= 15 is 0 Å². The van der Waals surface area contributed by atoms with Gasteiger partial charge in [-0.1, -0.05) is 30.3 Å². The number of benzene rings is 1. The topological polar surface area (TPSA) is 102 Å². The summed E-state index contributed by atoms with van der Waals surface area (Å²) in [7, 11) is -4.10. The number of carbonyl (C=O) groups excluding carboxylic acids is 2. The zero-order valence-corrected chi connectivity index (χ0v) is 11.1. The van der Waals surface area contributed by atoms with Crippen LogP contribution in [0.15, 0.2) is 30.3 Å². The Hall–Kier alpha value is -1.93. The second kappa shape index (κ2) is 6.86. The van der Waals surface area contributed by atoms with E-state index in [-0.39, 0.29) is 6.61 Å². The molecular formula is C11H14N2O5S. The largest absolute Gasteiger partial charge is 0.449 e. The standard InChI is InChI=1S/C11H14N2O5S/c1-2-18-11(15)13-19(16,17)12-8-10(14)9-6-4-3-5-7-9/h3-7,12H,2,8H2,1H3,(H,13,15). The molecule has 0 fully saturated rings. The fraction of sp³-hybridized carbons (Fsp3) is 0.273. The second-order valence-electron chi connectivity index (χ2n) is 3.44. The van der Waals surface area contributed by atoms with Crippen molar-refractivity contribution in [3.63, 3.8) is 0 Å². The highest BCUT2D eigenvalue weighted by atomic mass is 32.2. The minimum absolute atomic E-state index is 0.0459. The Morgan fingerprint density at radius 1 is 1.21 bits per heavy atom. The van der Waals surface area contributed by atoms with Gasteiger partial charge in [0.15, 0.2) is 5.78 Å². The molecular weight excluding hydrogens is 272 g/mol. The van der Waals surface area contributed by atoms with Crippen LogP contribution in [0.3, 0.4) is 0 Å². The minimum Gasteiger partial charge on any atom is -0.449 e. The van der Waals surface area contributed by atoms with Gasteiger partial charge in [-0.2, -0.15) is 13.1 Å². The van der Waals surface area contributed by atoms with E-state index in [2.05, 4.69) is 4.74 Å². The van der Waals surface area contributed by atoms with Crippen molar-refractivity contribution in [3.05, 3.63) is 35.9 Å². The van der Waals surface area contributed by atoms with Crippen molar-refractivity contribution in [3.8, 4) is 0 Å². The summed E-state index contributed by atoms with van der Waals surface area (Å²) >= 11 is 0. The van der Waals surface area contributed by atoms with Crippen molar-refractivity contribution in [2.75, 3.05) is 13.2 Å². The minimum atomic E-state index is -4.10. The average Bonchev–Trinajstić information content (AvgIpc) is 2.37. The van der Waals surface area contributed by atoms with E-state index in [9.17, 15) is 18.0 Å². The molecule has 0 bridgehead atoms. The summed E-state index contributed by atoms with van der Waals surface area (Å²) in [5.41, 5.74) is 0.376. The number of ketones is 1. The first-order valence-corrected chi connectivity index (χ1v) is 6.95. The van der Waals surface area contributed by atoms with E-state index < -0.39 is 28.6 Å². The third-order valence-corrected chi connectivity index (χ3v) is 2.97. The number of hydrogen-bond donors (Lipinski definition) is 2. The Morgan fingerprint density at radius 2 is 1.84 bits per heavy atom. The number of carbonyl (C=O) groups is 2. The quantitative estimate of drug-likeness (QED) is 0.739. The van der Waals surface area contributed by atoms with Crippen molar-refractivity contribution in [1.82, 2.24) is 9.44 Å². The maximum absolute atomic E-state index is 11.6. The van der Waals surface area contributed by atoms with Gasteiger partial charge in [0, 0.05) is 5.56 Å². The smallest absolute Gasteiger partial charge is 0.421 e. The molecule has 7 nitrogen and oxygen atoms in total. The Balaban J connectivity index is 2.52. The Bertz CT molecular complexity index is 541. The Morgan fingerprint density at radius 3 is 2.42 bits per heavy atom. The molecule has 0 aliphatic carbocycles. The fourth-order valence-corrected chi connectivity index (χ4v) is 1.86. The van der Waals surface area contributed by atoms with Crippen LogP contribution in [0.1, 0.15) is 17.3 Å². The predicted octanol–water partition coefficient (Wildman–Crippen LogP) is 0.450. The third-order valence-electron chi connectivity index (χ3n) is 2.01. The normalized spacial score (nSPS) is 10.8. The molecule has 19 heavy (non-hydrogen) atoms. The van der Waals surface area contributed by atoms with Gasteiger partial charge in [0.1, 0.15) is 0 Å². The second-order valence-corrected chi connectivity index (χ2v) is 4.94. The van der Waals surface area contributed by atoms with Gasteiger partial charge < -0.3 is 4.74 Å². The van der Waals surface area contributed by atoms with Gasteiger partial charge in [0.2, 0.25) is 0 Å². The predicted molar refractivity (Wildman–Crippen MR) is 67.9 cm³/mol. The van der Waals surface area contributed by atoms with Crippen LogP contribution in [0, 0.1) is 0 Å². The zero-order valence-electron chi connectivity index (χ0n) is 10.3. The molecule has 0 aromatic heterocycles. The summed E-state index contributed by atoms with van der Waals surface area (Å²) in [6.07, 6.45) is -1.10. The van der Waals surface area contributed by atoms with Crippen LogP contribution < -0.4 is 9.44 Å². The first kappa shape index (κ1) is 15.1. The van der Waals surface area contributed by atoms with Gasteiger partial charge in [0.05, 0.1) is 13.2 Å². The summed E-state index contributed by atoms with van der Waals surface area (Å²) in [4.78, 5) is 22.6. The van der Waals surface area contributed by atoms with Crippen LogP contribution in [-0.2, 0) is 14.9 Å². The highest BCUT2D eigenvalue weighted by Crippen LogP contribution is 1.99. The summed E-state index contributed by atoms with van der Waals surface area (Å²) in [5.74, 6) is -0.408. The molecule has 0 atom stereocenters. The molecule has 0 spiro atoms. The van der Waals surface area contributed by atoms with Gasteiger partial charge in [0.25, 0.3) is 0 Å². The van der Waals surface area contributed by atoms with Crippen molar-refractivity contribution in [1.29, 1.82) is 0 Å². The lowest BCUT2D eigenvalue weighted by Gasteiger charge is -2.07. The third kappa shape index (κ3) is 5.49. The average molecular weight is 286 g/mol. The molecule has 104 valence electrons. The molecule has 1 amide bonds. The van der Waals surface area contributed by atoms with Crippen molar-refractivity contribution in [2.45, 2.75) is 6.92 Å². The number of nitrogens with one attached hydrogen (secondary N) is 2. The van der Waals surface area contributed by atoms with Crippen LogP contribution >= 0.6 is 0 Å². The molecule has 0 aliphatic rings. The summed E-state index contributed by atoms with van der Waals surface area (Å²) < 4.78 is 30.7. The molecule has 2 N–H and O–H groups in total. The lowest BCUT2D eigenvalue weighted by atomic mass is 10.1. The van der Waals surface area contributed by atoms with Crippen molar-refractivity contribution < 1.29 is 22.7 Å². The Labute approximate surface area is 111 Å². The summed E-state index contributed by atoms with van der Waals surface area (Å²) in [6, 6.07) is 8.20. The summed E-state index contributed by atoms with van der Waals surface area (Å²) in [5, 5.41) is 0. The number of amides is 1. The van der Waals surface area contributed by atoms with Crippen LogP contribution in [0.4, 0.5) is 4.79 Å². The monoisotopic (exact) mass is 286 g/mol. The number of Topliss-reactive ketones (excluding diaryl/α,β-unsaturated/α-hetero) is 1. The van der Waals surface area contributed by atoms with Crippen LogP contribution in [0.5, 0.6) is 0 Å². The van der Waals surface area contributed by atoms with Crippen LogP contribution in [0.2, 0.25) is 0 Å². The number of hydrogen-bond acceptors (Lipinski definition) is 5. The highest BCUT2D eigenvalue weighted by molar-refractivity contribution is 7.88. The molecule has 0 aliphatic heterocycles. The summed E-state index contributed by atoms with van der Waals surface area (Å²) in [6.45, 7) is 1.14. The van der Waals surface area contributed by atoms with E-state index in [1.54, 1.807) is 42.0 Å². The molecule has 1 aromatic rings. The van der Waals surface area contributed by atoms with Crippen LogP contribution in [0.25, 0.3) is 0 Å². The molecule has 0 radical (unpaired) electrons. The maximum Gasteiger partial charge on any atom is 0.421 e. The molecule has 0 saturated heterocycles. The molecule has 0 unspecified atom stereocenters. The SMILES string of the molecule is CCOC(=O)NS(=O)(=O)NCC(=O)c1ccccc1. The van der Waals surface area contributed by atoms with E-state index in [0.717, 1.165) is 0 Å². The highest BCUT2D eigenvalue weighted by Gasteiger charge is 2.16. The first-order valence-electron chi connectivity index (χ1n) is 5.47. The van der Waals surface area contributed by atoms with Gasteiger partial charge >= 0.3 is 16.3 Å². The van der Waals surface area contributed by atoms with Crippen LogP contribution in [-0.4, -0.2) is 33.4 Å². The molecule has 0 saturated carbocycles. The van der Waals surface area contributed by atoms with E-state index in [1.807, 2.05) is 4.72 Å².